The maximum Gasteiger partial charge on any atom is 0.282 e. The number of anilines is 1. The van der Waals surface area contributed by atoms with E-state index in [2.05, 4.69) is 0 Å². The summed E-state index contributed by atoms with van der Waals surface area (Å²) in [6, 6.07) is 12.8. The Morgan fingerprint density at radius 2 is 1.79 bits per heavy atom. The first-order valence-corrected chi connectivity index (χ1v) is 11.0. The monoisotopic (exact) mass is 417 g/mol. The van der Waals surface area contributed by atoms with Gasteiger partial charge in [-0.25, -0.2) is 8.42 Å². The summed E-state index contributed by atoms with van der Waals surface area (Å²) in [6.45, 7) is 0.179. The number of nitro groups is 1. The van der Waals surface area contributed by atoms with E-state index < -0.39 is 26.7 Å². The number of para-hydroxylation sites is 1. The zero-order valence-electron chi connectivity index (χ0n) is 16.3. The molecule has 1 saturated heterocycles. The fraction of sp³-hybridized carbons (Fsp3) is 0.350. The van der Waals surface area contributed by atoms with Crippen LogP contribution < -0.4 is 4.90 Å². The molecule has 1 aliphatic heterocycles. The molecular weight excluding hydrogens is 394 g/mol. The van der Waals surface area contributed by atoms with Gasteiger partial charge in [0.1, 0.15) is 5.56 Å². The summed E-state index contributed by atoms with van der Waals surface area (Å²) in [5.41, 5.74) is 1.50. The van der Waals surface area contributed by atoms with Gasteiger partial charge in [-0.05, 0) is 30.2 Å². The molecule has 29 heavy (non-hydrogen) atoms. The van der Waals surface area contributed by atoms with E-state index in [-0.39, 0.29) is 29.3 Å². The van der Waals surface area contributed by atoms with Gasteiger partial charge < -0.3 is 9.80 Å². The van der Waals surface area contributed by atoms with Gasteiger partial charge in [-0.3, -0.25) is 14.9 Å². The number of benzene rings is 2. The highest BCUT2D eigenvalue weighted by molar-refractivity contribution is 7.91. The van der Waals surface area contributed by atoms with E-state index >= 15 is 0 Å². The van der Waals surface area contributed by atoms with Crippen LogP contribution in [0.25, 0.3) is 0 Å². The number of carbonyl (C=O) groups excluding carboxylic acids is 1. The summed E-state index contributed by atoms with van der Waals surface area (Å²) < 4.78 is 24.0. The van der Waals surface area contributed by atoms with Crippen LogP contribution >= 0.6 is 0 Å². The molecule has 154 valence electrons. The average molecular weight is 417 g/mol. The Labute approximate surface area is 169 Å². The predicted molar refractivity (Wildman–Crippen MR) is 111 cm³/mol. The lowest BCUT2D eigenvalue weighted by Crippen LogP contribution is -2.40. The normalized spacial score (nSPS) is 17.7. The first-order valence-electron chi connectivity index (χ1n) is 9.19. The van der Waals surface area contributed by atoms with Crippen LogP contribution in [-0.2, 0) is 16.4 Å². The molecule has 1 amide bonds. The SMILES string of the molecule is CN(C)c1ccc(CN(C(=O)c2ccccc2[N+](=O)[O-])C2CCS(=O)(=O)C2)cc1. The zero-order valence-corrected chi connectivity index (χ0v) is 17.1. The molecule has 1 fully saturated rings. The summed E-state index contributed by atoms with van der Waals surface area (Å²) in [5, 5.41) is 11.4. The van der Waals surface area contributed by atoms with E-state index in [9.17, 15) is 23.3 Å². The van der Waals surface area contributed by atoms with Crippen LogP contribution in [0, 0.1) is 10.1 Å². The van der Waals surface area contributed by atoms with Gasteiger partial charge in [-0.15, -0.1) is 0 Å². The second-order valence-corrected chi connectivity index (χ2v) is 9.55. The Kier molecular flexibility index (Phi) is 5.88. The van der Waals surface area contributed by atoms with Gasteiger partial charge >= 0.3 is 0 Å². The first-order chi connectivity index (χ1) is 13.7. The van der Waals surface area contributed by atoms with Crippen molar-refractivity contribution in [1.82, 2.24) is 4.90 Å². The minimum Gasteiger partial charge on any atom is -0.378 e. The molecule has 0 aliphatic carbocycles. The fourth-order valence-corrected chi connectivity index (χ4v) is 5.18. The topological polar surface area (TPSA) is 101 Å². The molecule has 2 aromatic carbocycles. The Morgan fingerprint density at radius 1 is 1.14 bits per heavy atom. The minimum absolute atomic E-state index is 0.0118. The van der Waals surface area contributed by atoms with Crippen molar-refractivity contribution in [2.45, 2.75) is 19.0 Å². The lowest BCUT2D eigenvalue weighted by Gasteiger charge is -2.28. The van der Waals surface area contributed by atoms with Crippen molar-refractivity contribution >= 4 is 27.1 Å². The van der Waals surface area contributed by atoms with Gasteiger partial charge in [0.2, 0.25) is 0 Å². The van der Waals surface area contributed by atoms with Crippen LogP contribution in [0.5, 0.6) is 0 Å². The Morgan fingerprint density at radius 3 is 2.34 bits per heavy atom. The van der Waals surface area contributed by atoms with E-state index in [1.54, 1.807) is 6.07 Å². The maximum atomic E-state index is 13.3. The molecule has 8 nitrogen and oxygen atoms in total. The van der Waals surface area contributed by atoms with Gasteiger partial charge in [0.25, 0.3) is 11.6 Å². The van der Waals surface area contributed by atoms with Crippen LogP contribution in [0.2, 0.25) is 0 Å². The standard InChI is InChI=1S/C20H23N3O5S/c1-21(2)16-9-7-15(8-10-16)13-22(17-11-12-29(27,28)14-17)20(24)18-5-3-4-6-19(18)23(25)26/h3-10,17H,11-14H2,1-2H3. The molecule has 0 bridgehead atoms. The van der Waals surface area contributed by atoms with Crippen LogP contribution in [-0.4, -0.2) is 55.8 Å². The summed E-state index contributed by atoms with van der Waals surface area (Å²) in [4.78, 5) is 27.4. The van der Waals surface area contributed by atoms with Gasteiger partial charge in [0.15, 0.2) is 9.84 Å². The third kappa shape index (κ3) is 4.73. The second kappa shape index (κ2) is 8.20. The summed E-state index contributed by atoms with van der Waals surface area (Å²) in [7, 11) is 0.611. The largest absolute Gasteiger partial charge is 0.378 e. The van der Waals surface area contributed by atoms with Crippen molar-refractivity contribution in [3.8, 4) is 0 Å². The summed E-state index contributed by atoms with van der Waals surface area (Å²) in [6.07, 6.45) is 0.324. The number of nitrogens with zero attached hydrogens (tertiary/aromatic N) is 3. The smallest absolute Gasteiger partial charge is 0.282 e. The fourth-order valence-electron chi connectivity index (χ4n) is 3.45. The second-order valence-electron chi connectivity index (χ2n) is 7.33. The number of nitro benzene ring substituents is 1. The van der Waals surface area contributed by atoms with Crippen molar-refractivity contribution in [3.05, 3.63) is 69.8 Å². The number of sulfone groups is 1. The third-order valence-electron chi connectivity index (χ3n) is 5.05. The van der Waals surface area contributed by atoms with E-state index in [1.807, 2.05) is 43.3 Å². The highest BCUT2D eigenvalue weighted by Crippen LogP contribution is 2.26. The first kappa shape index (κ1) is 20.8. The highest BCUT2D eigenvalue weighted by Gasteiger charge is 2.36. The summed E-state index contributed by atoms with van der Waals surface area (Å²) >= 11 is 0. The molecule has 0 N–H and O–H groups in total. The lowest BCUT2D eigenvalue weighted by atomic mass is 10.1. The quantitative estimate of drug-likeness (QED) is 0.529. The lowest BCUT2D eigenvalue weighted by molar-refractivity contribution is -0.385. The van der Waals surface area contributed by atoms with Crippen LogP contribution in [0.1, 0.15) is 22.3 Å². The zero-order chi connectivity index (χ0) is 21.2. The number of rotatable bonds is 6. The molecule has 1 unspecified atom stereocenters. The molecule has 0 saturated carbocycles. The van der Waals surface area contributed by atoms with Crippen LogP contribution in [0.4, 0.5) is 11.4 Å². The maximum absolute atomic E-state index is 13.3. The molecular formula is C20H23N3O5S. The van der Waals surface area contributed by atoms with Crippen molar-refractivity contribution in [3.63, 3.8) is 0 Å². The molecule has 0 radical (unpaired) electrons. The Balaban J connectivity index is 1.95. The highest BCUT2D eigenvalue weighted by atomic mass is 32.2. The average Bonchev–Trinajstić information content (AvgIpc) is 3.05. The van der Waals surface area contributed by atoms with Crippen molar-refractivity contribution in [1.29, 1.82) is 0 Å². The Bertz CT molecular complexity index is 1020. The molecule has 1 heterocycles. The van der Waals surface area contributed by atoms with E-state index in [4.69, 9.17) is 0 Å². The van der Waals surface area contributed by atoms with Crippen molar-refractivity contribution < 1.29 is 18.1 Å². The van der Waals surface area contributed by atoms with Crippen LogP contribution in [0.3, 0.4) is 0 Å². The van der Waals surface area contributed by atoms with Gasteiger partial charge in [0, 0.05) is 38.4 Å². The van der Waals surface area contributed by atoms with Gasteiger partial charge in [-0.1, -0.05) is 24.3 Å². The molecule has 0 aromatic heterocycles. The molecule has 3 rings (SSSR count). The van der Waals surface area contributed by atoms with E-state index in [0.29, 0.717) is 6.42 Å². The van der Waals surface area contributed by atoms with Gasteiger partial charge in [-0.2, -0.15) is 0 Å². The predicted octanol–water partition coefficient (Wildman–Crippen LogP) is 2.49. The summed E-state index contributed by atoms with van der Waals surface area (Å²) in [5.74, 6) is -0.649. The minimum atomic E-state index is -3.23. The molecule has 1 atom stereocenters. The molecule has 9 heteroatoms. The van der Waals surface area contributed by atoms with Gasteiger partial charge in [0.05, 0.1) is 16.4 Å². The van der Waals surface area contributed by atoms with E-state index in [0.717, 1.165) is 11.3 Å². The van der Waals surface area contributed by atoms with E-state index in [1.165, 1.54) is 23.1 Å². The van der Waals surface area contributed by atoms with Crippen molar-refractivity contribution in [2.24, 2.45) is 0 Å². The molecule has 2 aromatic rings. The number of hydrogen-bond acceptors (Lipinski definition) is 6. The van der Waals surface area contributed by atoms with Crippen LogP contribution in [0.15, 0.2) is 48.5 Å². The molecule has 0 spiro atoms. The molecule has 1 aliphatic rings. The number of amides is 1. The number of hydrogen-bond donors (Lipinski definition) is 0. The van der Waals surface area contributed by atoms with Crippen molar-refractivity contribution in [2.75, 3.05) is 30.5 Å². The third-order valence-corrected chi connectivity index (χ3v) is 6.80. The Hall–Kier alpha value is -2.94. The number of carbonyl (C=O) groups is 1.